The predicted molar refractivity (Wildman–Crippen MR) is 192 cm³/mol. The molecule has 1 aromatic heterocycles. The summed E-state index contributed by atoms with van der Waals surface area (Å²) in [5.74, 6) is 0. The van der Waals surface area contributed by atoms with E-state index in [4.69, 9.17) is 0 Å². The van der Waals surface area contributed by atoms with E-state index in [1.54, 1.807) is 0 Å². The van der Waals surface area contributed by atoms with Crippen molar-refractivity contribution in [3.8, 4) is 34.0 Å². The lowest BCUT2D eigenvalue weighted by Crippen LogP contribution is -2.18. The molecule has 0 fully saturated rings. The van der Waals surface area contributed by atoms with Gasteiger partial charge in [-0.15, -0.1) is 0 Å². The molecule has 0 spiro atoms. The molecule has 6 aromatic carbocycles. The van der Waals surface area contributed by atoms with E-state index in [9.17, 15) is 5.26 Å². The number of hydrogen-bond donors (Lipinski definition) is 0. The molecule has 0 N–H and O–H groups in total. The van der Waals surface area contributed by atoms with Crippen molar-refractivity contribution in [2.24, 2.45) is 0 Å². The first-order valence-corrected chi connectivity index (χ1v) is 15.7. The van der Waals surface area contributed by atoms with Crippen LogP contribution >= 0.6 is 0 Å². The fraction of sp³-hybridized carbons (Fsp3) is 0.0465. The lowest BCUT2D eigenvalue weighted by molar-refractivity contribution is 1.07. The summed E-state index contributed by atoms with van der Waals surface area (Å²) in [7, 11) is 0. The van der Waals surface area contributed by atoms with Crippen LogP contribution in [0.2, 0.25) is 0 Å². The molecule has 218 valence electrons. The van der Waals surface area contributed by atoms with Crippen LogP contribution < -0.4 is 4.90 Å². The van der Waals surface area contributed by atoms with Crippen molar-refractivity contribution in [1.29, 1.82) is 5.26 Å². The van der Waals surface area contributed by atoms with Crippen LogP contribution in [0.5, 0.6) is 0 Å². The van der Waals surface area contributed by atoms with Crippen molar-refractivity contribution in [2.75, 3.05) is 11.4 Å². The minimum atomic E-state index is 0.671. The van der Waals surface area contributed by atoms with Gasteiger partial charge in [-0.1, -0.05) is 97.1 Å². The Morgan fingerprint density at radius 3 is 2.11 bits per heavy atom. The van der Waals surface area contributed by atoms with E-state index in [0.29, 0.717) is 5.56 Å². The summed E-state index contributed by atoms with van der Waals surface area (Å²) in [5, 5.41) is 11.9. The van der Waals surface area contributed by atoms with Crippen LogP contribution in [0, 0.1) is 11.3 Å². The Morgan fingerprint density at radius 1 is 0.522 bits per heavy atom. The van der Waals surface area contributed by atoms with Gasteiger partial charge in [-0.05, 0) is 101 Å². The Bertz CT molecular complexity index is 2320. The molecule has 0 saturated heterocycles. The van der Waals surface area contributed by atoms with Crippen molar-refractivity contribution >= 4 is 33.2 Å². The number of benzene rings is 6. The highest BCUT2D eigenvalue weighted by Gasteiger charge is 2.17. The van der Waals surface area contributed by atoms with Gasteiger partial charge in [0.05, 0.1) is 22.7 Å². The molecular weight excluding hydrogens is 558 g/mol. The smallest absolute Gasteiger partial charge is 0.0991 e. The van der Waals surface area contributed by atoms with Gasteiger partial charge in [0.2, 0.25) is 0 Å². The van der Waals surface area contributed by atoms with Gasteiger partial charge in [-0.25, -0.2) is 0 Å². The van der Waals surface area contributed by atoms with E-state index in [-0.39, 0.29) is 0 Å². The van der Waals surface area contributed by atoms with Crippen LogP contribution in [0.1, 0.15) is 11.1 Å². The second-order valence-corrected chi connectivity index (χ2v) is 11.7. The molecule has 0 amide bonds. The second kappa shape index (κ2) is 11.8. The summed E-state index contributed by atoms with van der Waals surface area (Å²) in [4.78, 5) is 2.38. The van der Waals surface area contributed by atoms with E-state index >= 15 is 0 Å². The molecule has 0 atom stereocenters. The number of aromatic nitrogens is 1. The monoisotopic (exact) mass is 589 g/mol. The maximum Gasteiger partial charge on any atom is 0.0991 e. The zero-order valence-corrected chi connectivity index (χ0v) is 25.3. The molecule has 0 aliphatic carbocycles. The van der Waals surface area contributed by atoms with E-state index in [2.05, 4.69) is 161 Å². The highest BCUT2D eigenvalue weighted by molar-refractivity contribution is 6.10. The first-order chi connectivity index (χ1) is 22.8. The number of anilines is 2. The second-order valence-electron chi connectivity index (χ2n) is 11.7. The molecule has 3 nitrogen and oxygen atoms in total. The maximum atomic E-state index is 9.34. The molecular formula is C43H31N3. The summed E-state index contributed by atoms with van der Waals surface area (Å²) in [6, 6.07) is 51.7. The van der Waals surface area contributed by atoms with Crippen LogP contribution in [0.3, 0.4) is 0 Å². The molecule has 3 heteroatoms. The largest absolute Gasteiger partial charge is 0.337 e. The van der Waals surface area contributed by atoms with Crippen molar-refractivity contribution < 1.29 is 0 Å². The van der Waals surface area contributed by atoms with Crippen molar-refractivity contribution in [2.45, 2.75) is 6.42 Å². The normalized spacial score (nSPS) is 14.2. The van der Waals surface area contributed by atoms with Gasteiger partial charge < -0.3 is 9.47 Å². The number of nitrogens with zero attached hydrogens (tertiary/aromatic N) is 3. The Hall–Kier alpha value is -6.11. The molecule has 8 rings (SSSR count). The fourth-order valence-corrected chi connectivity index (χ4v) is 6.66. The minimum Gasteiger partial charge on any atom is -0.337 e. The average molecular weight is 590 g/mol. The maximum absolute atomic E-state index is 9.34. The number of para-hydroxylation sites is 2. The summed E-state index contributed by atoms with van der Waals surface area (Å²) >= 11 is 0. The molecule has 0 saturated carbocycles. The fourth-order valence-electron chi connectivity index (χ4n) is 6.66. The van der Waals surface area contributed by atoms with Crippen molar-refractivity contribution in [1.82, 2.24) is 4.57 Å². The Labute approximate surface area is 269 Å². The summed E-state index contributed by atoms with van der Waals surface area (Å²) in [5.41, 5.74) is 12.5. The quantitative estimate of drug-likeness (QED) is 0.205. The van der Waals surface area contributed by atoms with E-state index in [1.165, 1.54) is 49.9 Å². The van der Waals surface area contributed by atoms with Crippen molar-refractivity contribution in [3.05, 3.63) is 175 Å². The first-order valence-electron chi connectivity index (χ1n) is 15.7. The topological polar surface area (TPSA) is 32.0 Å². The first kappa shape index (κ1) is 27.4. The van der Waals surface area contributed by atoms with Crippen LogP contribution in [0.25, 0.3) is 49.7 Å². The van der Waals surface area contributed by atoms with E-state index in [1.807, 2.05) is 18.2 Å². The van der Waals surface area contributed by atoms with Crippen LogP contribution in [0.15, 0.2) is 164 Å². The summed E-state index contributed by atoms with van der Waals surface area (Å²) in [6.45, 7) is 0.769. The zero-order valence-electron chi connectivity index (χ0n) is 25.3. The predicted octanol–water partition coefficient (Wildman–Crippen LogP) is 10.8. The molecule has 0 bridgehead atoms. The number of hydrogen-bond acceptors (Lipinski definition) is 2. The standard InChI is InChI=1S/C43H31N3/c44-30-31-11-10-13-33(27-31)32-18-22-37(23-19-32)45-26-9-2-1-4-12-36-28-34(20-24-41(36)45)35-21-25-43-40(29-35)39-16-7-8-17-42(39)46(43)38-14-5-3-6-15-38/h1-11,13-25,27-29H,12,26H2/b4-1-,9-2-. The lowest BCUT2D eigenvalue weighted by Gasteiger charge is -2.27. The number of fused-ring (bicyclic) bond motifs is 4. The van der Waals surface area contributed by atoms with Gasteiger partial charge in [0, 0.05) is 34.4 Å². The van der Waals surface area contributed by atoms with Crippen LogP contribution in [-0.4, -0.2) is 11.1 Å². The van der Waals surface area contributed by atoms with Gasteiger partial charge in [-0.2, -0.15) is 5.26 Å². The molecule has 2 heterocycles. The van der Waals surface area contributed by atoms with Crippen LogP contribution in [0.4, 0.5) is 11.4 Å². The zero-order chi connectivity index (χ0) is 30.9. The van der Waals surface area contributed by atoms with Gasteiger partial charge in [0.25, 0.3) is 0 Å². The van der Waals surface area contributed by atoms with Gasteiger partial charge in [-0.3, -0.25) is 0 Å². The SMILES string of the molecule is N#Cc1cccc(-c2ccc(N3C/C=C\C=C/Cc4cc(-c5ccc6c(c5)c5ccccc5n6-c5ccccc5)ccc43)cc2)c1. The number of allylic oxidation sites excluding steroid dienone is 3. The van der Waals surface area contributed by atoms with Crippen molar-refractivity contribution in [3.63, 3.8) is 0 Å². The number of rotatable bonds is 4. The molecule has 1 aliphatic rings. The highest BCUT2D eigenvalue weighted by Crippen LogP contribution is 2.38. The Balaban J connectivity index is 1.19. The third kappa shape index (κ3) is 4.97. The van der Waals surface area contributed by atoms with Crippen LogP contribution in [-0.2, 0) is 6.42 Å². The Kier molecular flexibility index (Phi) is 7.02. The molecule has 0 unspecified atom stereocenters. The third-order valence-corrected chi connectivity index (χ3v) is 8.90. The number of nitriles is 1. The van der Waals surface area contributed by atoms with E-state index < -0.39 is 0 Å². The van der Waals surface area contributed by atoms with Gasteiger partial charge in [0.15, 0.2) is 0 Å². The molecule has 1 aliphatic heterocycles. The average Bonchev–Trinajstić information content (AvgIpc) is 3.50. The molecule has 0 radical (unpaired) electrons. The third-order valence-electron chi connectivity index (χ3n) is 8.90. The van der Waals surface area contributed by atoms with Gasteiger partial charge in [0.1, 0.15) is 0 Å². The summed E-state index contributed by atoms with van der Waals surface area (Å²) < 4.78 is 2.36. The van der Waals surface area contributed by atoms with E-state index in [0.717, 1.165) is 29.8 Å². The van der Waals surface area contributed by atoms with Gasteiger partial charge >= 0.3 is 0 Å². The molecule has 46 heavy (non-hydrogen) atoms. The lowest BCUT2D eigenvalue weighted by atomic mass is 9.97. The minimum absolute atomic E-state index is 0.671. The Morgan fingerprint density at radius 2 is 1.24 bits per heavy atom. The highest BCUT2D eigenvalue weighted by atomic mass is 15.1. The molecule has 7 aromatic rings. The summed E-state index contributed by atoms with van der Waals surface area (Å²) in [6.07, 6.45) is 9.58.